The van der Waals surface area contributed by atoms with Crippen molar-refractivity contribution < 1.29 is 38.3 Å². The number of amides is 1. The van der Waals surface area contributed by atoms with Gasteiger partial charge in [0.1, 0.15) is 18.4 Å². The first-order chi connectivity index (χ1) is 17.5. The third-order valence-corrected chi connectivity index (χ3v) is 4.83. The van der Waals surface area contributed by atoms with Crippen LogP contribution in [0.4, 0.5) is 10.5 Å². The number of nitrogens with zero attached hydrogens (tertiary/aromatic N) is 2. The third kappa shape index (κ3) is 11.0. The molecule has 0 fully saturated rings. The number of nitrogens with one attached hydrogen (secondary N) is 1. The quantitative estimate of drug-likeness (QED) is 0.0541. The first-order valence-corrected chi connectivity index (χ1v) is 11.7. The molecule has 1 rings (SSSR count). The number of benzene rings is 1. The Labute approximate surface area is 214 Å². The second kappa shape index (κ2) is 15.8. The van der Waals surface area contributed by atoms with Crippen LogP contribution in [-0.2, 0) is 19.1 Å². The zero-order valence-electron chi connectivity index (χ0n) is 21.4. The van der Waals surface area contributed by atoms with Gasteiger partial charge in [0.15, 0.2) is 17.5 Å². The molecule has 5 N–H and O–H groups in total. The SMILES string of the molecule is COc1cc(C(C)OC(=O)NC(CCCN=C(N)N)C(=O)OC(C)C)c([N+](=O)[O-])cc1OCCCC=O. The van der Waals surface area contributed by atoms with Gasteiger partial charge in [0.25, 0.3) is 5.69 Å². The number of hydrogen-bond acceptors (Lipinski definition) is 10. The number of aldehydes is 1. The van der Waals surface area contributed by atoms with Crippen LogP contribution in [0.2, 0.25) is 0 Å². The number of nitro benzene ring substituents is 1. The fourth-order valence-electron chi connectivity index (χ4n) is 3.14. The van der Waals surface area contributed by atoms with E-state index in [1.807, 2.05) is 0 Å². The summed E-state index contributed by atoms with van der Waals surface area (Å²) in [5.41, 5.74) is 10.3. The van der Waals surface area contributed by atoms with E-state index in [4.69, 9.17) is 30.4 Å². The zero-order chi connectivity index (χ0) is 28.0. The number of aliphatic imine (C=N–C) groups is 1. The molecule has 2 atom stereocenters. The summed E-state index contributed by atoms with van der Waals surface area (Å²) < 4.78 is 21.3. The minimum absolute atomic E-state index is 0.0475. The van der Waals surface area contributed by atoms with Gasteiger partial charge in [0.2, 0.25) is 0 Å². The monoisotopic (exact) mass is 525 g/mol. The van der Waals surface area contributed by atoms with Crippen LogP contribution in [0.5, 0.6) is 11.5 Å². The van der Waals surface area contributed by atoms with Gasteiger partial charge in [-0.25, -0.2) is 9.59 Å². The largest absolute Gasteiger partial charge is 0.493 e. The van der Waals surface area contributed by atoms with Crippen molar-refractivity contribution in [3.63, 3.8) is 0 Å². The maximum absolute atomic E-state index is 12.6. The number of nitrogens with two attached hydrogens (primary N) is 2. The number of rotatable bonds is 16. The number of alkyl carbamates (subject to hydrolysis) is 1. The van der Waals surface area contributed by atoms with Crippen LogP contribution in [0.25, 0.3) is 0 Å². The van der Waals surface area contributed by atoms with Gasteiger partial charge in [0, 0.05) is 13.0 Å². The number of carbonyl (C=O) groups is 3. The number of methoxy groups -OCH3 is 1. The average molecular weight is 526 g/mol. The summed E-state index contributed by atoms with van der Waals surface area (Å²) in [6.45, 7) is 5.15. The van der Waals surface area contributed by atoms with Crippen LogP contribution >= 0.6 is 0 Å². The smallest absolute Gasteiger partial charge is 0.408 e. The Morgan fingerprint density at radius 3 is 2.43 bits per heavy atom. The van der Waals surface area contributed by atoms with Crippen LogP contribution < -0.4 is 26.3 Å². The average Bonchev–Trinajstić information content (AvgIpc) is 2.82. The molecule has 0 radical (unpaired) electrons. The van der Waals surface area contributed by atoms with Crippen LogP contribution in [0, 0.1) is 10.1 Å². The van der Waals surface area contributed by atoms with E-state index in [2.05, 4.69) is 10.3 Å². The van der Waals surface area contributed by atoms with Crippen molar-refractivity contribution in [1.82, 2.24) is 5.32 Å². The Hall–Kier alpha value is -4.10. The Bertz CT molecular complexity index is 964. The third-order valence-electron chi connectivity index (χ3n) is 4.83. The highest BCUT2D eigenvalue weighted by atomic mass is 16.6. The fraction of sp³-hybridized carbons (Fsp3) is 0.565. The van der Waals surface area contributed by atoms with E-state index in [9.17, 15) is 24.5 Å². The lowest BCUT2D eigenvalue weighted by Crippen LogP contribution is -2.43. The molecule has 0 aromatic heterocycles. The maximum atomic E-state index is 12.6. The topological polar surface area (TPSA) is 208 Å². The summed E-state index contributed by atoms with van der Waals surface area (Å²) in [7, 11) is 1.36. The lowest BCUT2D eigenvalue weighted by Gasteiger charge is -2.21. The lowest BCUT2D eigenvalue weighted by molar-refractivity contribution is -0.386. The number of guanidine groups is 1. The standard InChI is InChI=1S/C23H35N5O9/c1-14(2)36-21(30)17(8-7-9-26-22(24)25)27-23(31)37-15(3)16-12-19(34-4)20(13-18(16)28(32)33)35-11-6-5-10-29/h10,12-15,17H,5-9,11H2,1-4H3,(H,27,31)(H4,24,25,26). The normalized spacial score (nSPS) is 12.1. The molecule has 2 unspecified atom stereocenters. The summed E-state index contributed by atoms with van der Waals surface area (Å²) in [4.78, 5) is 50.5. The van der Waals surface area contributed by atoms with E-state index in [1.54, 1.807) is 13.8 Å². The van der Waals surface area contributed by atoms with Crippen LogP contribution in [0.15, 0.2) is 17.1 Å². The van der Waals surface area contributed by atoms with Crippen molar-refractivity contribution in [1.29, 1.82) is 0 Å². The number of hydrogen-bond donors (Lipinski definition) is 3. The number of unbranched alkanes of at least 4 members (excludes halogenated alkanes) is 1. The van der Waals surface area contributed by atoms with E-state index < -0.39 is 35.2 Å². The fourth-order valence-corrected chi connectivity index (χ4v) is 3.14. The molecular weight excluding hydrogens is 490 g/mol. The van der Waals surface area contributed by atoms with Gasteiger partial charge in [-0.15, -0.1) is 0 Å². The van der Waals surface area contributed by atoms with Crippen molar-refractivity contribution in [2.45, 2.75) is 64.7 Å². The Morgan fingerprint density at radius 2 is 1.86 bits per heavy atom. The molecule has 0 bridgehead atoms. The van der Waals surface area contributed by atoms with E-state index in [0.29, 0.717) is 12.8 Å². The highest BCUT2D eigenvalue weighted by Gasteiger charge is 2.28. The summed E-state index contributed by atoms with van der Waals surface area (Å²) in [5.74, 6) is -0.483. The number of carbonyl (C=O) groups excluding carboxylic acids is 3. The molecule has 0 saturated carbocycles. The Kier molecular flexibility index (Phi) is 13.2. The van der Waals surface area contributed by atoms with Crippen molar-refractivity contribution in [3.05, 3.63) is 27.8 Å². The highest BCUT2D eigenvalue weighted by Crippen LogP contribution is 2.38. The molecule has 0 aliphatic heterocycles. The second-order valence-corrected chi connectivity index (χ2v) is 8.16. The van der Waals surface area contributed by atoms with Gasteiger partial charge in [0.05, 0.1) is 36.4 Å². The minimum Gasteiger partial charge on any atom is -0.493 e. The van der Waals surface area contributed by atoms with Gasteiger partial charge < -0.3 is 40.5 Å². The van der Waals surface area contributed by atoms with Gasteiger partial charge in [-0.3, -0.25) is 15.1 Å². The Morgan fingerprint density at radius 1 is 1.16 bits per heavy atom. The second-order valence-electron chi connectivity index (χ2n) is 8.16. The van der Waals surface area contributed by atoms with Crippen LogP contribution in [-0.4, -0.2) is 61.6 Å². The highest BCUT2D eigenvalue weighted by molar-refractivity contribution is 5.81. The molecule has 1 aromatic carbocycles. The van der Waals surface area contributed by atoms with E-state index in [0.717, 1.165) is 6.29 Å². The molecule has 1 aromatic rings. The summed E-state index contributed by atoms with van der Waals surface area (Å²) in [5, 5.41) is 14.2. The molecule has 14 heteroatoms. The Balaban J connectivity index is 3.03. The molecule has 0 heterocycles. The zero-order valence-corrected chi connectivity index (χ0v) is 21.4. The van der Waals surface area contributed by atoms with Crippen molar-refractivity contribution in [2.75, 3.05) is 20.3 Å². The molecule has 14 nitrogen and oxygen atoms in total. The summed E-state index contributed by atoms with van der Waals surface area (Å²) in [6, 6.07) is 1.45. The van der Waals surface area contributed by atoms with Crippen molar-refractivity contribution in [3.8, 4) is 11.5 Å². The predicted molar refractivity (Wildman–Crippen MR) is 133 cm³/mol. The first-order valence-electron chi connectivity index (χ1n) is 11.7. The molecule has 37 heavy (non-hydrogen) atoms. The summed E-state index contributed by atoms with van der Waals surface area (Å²) in [6.07, 6.45) is -0.522. The van der Waals surface area contributed by atoms with E-state index >= 15 is 0 Å². The van der Waals surface area contributed by atoms with Crippen LogP contribution in [0.1, 0.15) is 58.1 Å². The number of nitro groups is 1. The molecule has 0 aliphatic rings. The van der Waals surface area contributed by atoms with E-state index in [-0.39, 0.29) is 54.7 Å². The molecule has 206 valence electrons. The maximum Gasteiger partial charge on any atom is 0.408 e. The minimum atomic E-state index is -1.10. The van der Waals surface area contributed by atoms with Gasteiger partial charge in [-0.1, -0.05) is 0 Å². The molecule has 0 spiro atoms. The molecule has 1 amide bonds. The first kappa shape index (κ1) is 30.9. The van der Waals surface area contributed by atoms with Crippen LogP contribution in [0.3, 0.4) is 0 Å². The van der Waals surface area contributed by atoms with Gasteiger partial charge in [-0.05, 0) is 46.1 Å². The van der Waals surface area contributed by atoms with E-state index in [1.165, 1.54) is 26.2 Å². The lowest BCUT2D eigenvalue weighted by atomic mass is 10.1. The van der Waals surface area contributed by atoms with Gasteiger partial charge >= 0.3 is 12.1 Å². The van der Waals surface area contributed by atoms with Gasteiger partial charge in [-0.2, -0.15) is 0 Å². The number of esters is 1. The summed E-state index contributed by atoms with van der Waals surface area (Å²) >= 11 is 0. The predicted octanol–water partition coefficient (Wildman–Crippen LogP) is 2.12. The number of ether oxygens (including phenoxy) is 4. The molecule has 0 saturated heterocycles. The molecular formula is C23H35N5O9. The molecule has 0 aliphatic carbocycles. The van der Waals surface area contributed by atoms with Crippen molar-refractivity contribution >= 4 is 30.0 Å². The van der Waals surface area contributed by atoms with Crippen molar-refractivity contribution in [2.24, 2.45) is 16.5 Å².